The van der Waals surface area contributed by atoms with Gasteiger partial charge in [0.2, 0.25) is 0 Å². The summed E-state index contributed by atoms with van der Waals surface area (Å²) in [6.45, 7) is 6.10. The van der Waals surface area contributed by atoms with Crippen molar-refractivity contribution < 1.29 is 0 Å². The van der Waals surface area contributed by atoms with E-state index in [-0.39, 0.29) is 5.69 Å². The molecule has 6 heteroatoms. The van der Waals surface area contributed by atoms with E-state index in [9.17, 15) is 4.79 Å². The normalized spacial score (nSPS) is 14.8. The fourth-order valence-electron chi connectivity index (χ4n) is 3.23. The summed E-state index contributed by atoms with van der Waals surface area (Å²) in [6.07, 6.45) is 1.50. The summed E-state index contributed by atoms with van der Waals surface area (Å²) in [7, 11) is 0. The van der Waals surface area contributed by atoms with E-state index in [2.05, 4.69) is 63.3 Å². The highest BCUT2D eigenvalue weighted by molar-refractivity contribution is 5.54. The van der Waals surface area contributed by atoms with Crippen LogP contribution in [0, 0.1) is 6.92 Å². The second-order valence-electron chi connectivity index (χ2n) is 6.36. The molecule has 0 atom stereocenters. The van der Waals surface area contributed by atoms with E-state index < -0.39 is 0 Å². The first-order chi connectivity index (χ1) is 12.2. The van der Waals surface area contributed by atoms with Crippen molar-refractivity contribution in [3.05, 3.63) is 70.9 Å². The second kappa shape index (κ2) is 6.47. The first-order valence-electron chi connectivity index (χ1n) is 8.50. The number of hydrogen-bond donors (Lipinski definition) is 1. The van der Waals surface area contributed by atoms with Crippen LogP contribution in [-0.2, 0) is 0 Å². The number of aromatic amines is 1. The molecule has 0 radical (unpaired) electrons. The summed E-state index contributed by atoms with van der Waals surface area (Å²) < 4.78 is 1.50. The number of nitrogens with zero attached hydrogens (tertiary/aromatic N) is 4. The Morgan fingerprint density at radius 2 is 1.28 bits per heavy atom. The Morgan fingerprint density at radius 3 is 1.76 bits per heavy atom. The first kappa shape index (κ1) is 15.5. The van der Waals surface area contributed by atoms with Gasteiger partial charge in [0.25, 0.3) is 0 Å². The topological polar surface area (TPSA) is 57.2 Å². The Morgan fingerprint density at radius 1 is 0.800 bits per heavy atom. The van der Waals surface area contributed by atoms with Gasteiger partial charge in [-0.05, 0) is 43.3 Å². The third-order valence-corrected chi connectivity index (χ3v) is 4.72. The van der Waals surface area contributed by atoms with Gasteiger partial charge in [-0.25, -0.2) is 14.5 Å². The van der Waals surface area contributed by atoms with Crippen molar-refractivity contribution in [1.82, 2.24) is 14.8 Å². The maximum atomic E-state index is 11.6. The molecule has 1 aliphatic heterocycles. The van der Waals surface area contributed by atoms with Crippen LogP contribution in [0.2, 0.25) is 0 Å². The van der Waals surface area contributed by atoms with E-state index in [1.54, 1.807) is 0 Å². The second-order valence-corrected chi connectivity index (χ2v) is 6.36. The van der Waals surface area contributed by atoms with Gasteiger partial charge in [-0.15, -0.1) is 0 Å². The molecular weight excluding hydrogens is 314 g/mol. The van der Waals surface area contributed by atoms with E-state index in [1.165, 1.54) is 27.8 Å². The summed E-state index contributed by atoms with van der Waals surface area (Å²) in [5.74, 6) is 0. The fraction of sp³-hybridized carbons (Fsp3) is 0.263. The number of benzene rings is 2. The number of anilines is 2. The maximum Gasteiger partial charge on any atom is 0.347 e. The zero-order valence-corrected chi connectivity index (χ0v) is 14.2. The Bertz CT molecular complexity index is 887. The average molecular weight is 335 g/mol. The average Bonchev–Trinajstić information content (AvgIpc) is 3.09. The highest BCUT2D eigenvalue weighted by atomic mass is 16.1. The number of nitrogens with one attached hydrogen (secondary N) is 1. The highest BCUT2D eigenvalue weighted by Crippen LogP contribution is 2.21. The molecule has 1 aliphatic rings. The van der Waals surface area contributed by atoms with Crippen LogP contribution in [0.3, 0.4) is 0 Å². The van der Waals surface area contributed by atoms with Gasteiger partial charge in [-0.1, -0.05) is 17.7 Å². The van der Waals surface area contributed by atoms with Crippen LogP contribution < -0.4 is 15.5 Å². The van der Waals surface area contributed by atoms with Crippen molar-refractivity contribution in [3.8, 4) is 5.69 Å². The van der Waals surface area contributed by atoms with Gasteiger partial charge in [0, 0.05) is 37.6 Å². The molecule has 128 valence electrons. The van der Waals surface area contributed by atoms with Gasteiger partial charge in [-0.2, -0.15) is 5.10 Å². The summed E-state index contributed by atoms with van der Waals surface area (Å²) in [6, 6.07) is 16.8. The summed E-state index contributed by atoms with van der Waals surface area (Å²) in [5, 5.41) is 6.17. The molecule has 4 rings (SSSR count). The Labute approximate surface area is 146 Å². The van der Waals surface area contributed by atoms with Crippen LogP contribution in [0.15, 0.2) is 59.7 Å². The molecule has 2 heterocycles. The van der Waals surface area contributed by atoms with E-state index in [0.29, 0.717) is 0 Å². The van der Waals surface area contributed by atoms with E-state index >= 15 is 0 Å². The molecule has 0 bridgehead atoms. The van der Waals surface area contributed by atoms with E-state index in [0.717, 1.165) is 31.9 Å². The largest absolute Gasteiger partial charge is 0.368 e. The van der Waals surface area contributed by atoms with Crippen LogP contribution >= 0.6 is 0 Å². The summed E-state index contributed by atoms with van der Waals surface area (Å²) >= 11 is 0. The van der Waals surface area contributed by atoms with Gasteiger partial charge < -0.3 is 9.80 Å². The molecule has 25 heavy (non-hydrogen) atoms. The van der Waals surface area contributed by atoms with E-state index in [1.807, 2.05) is 12.1 Å². The third-order valence-electron chi connectivity index (χ3n) is 4.72. The first-order valence-corrected chi connectivity index (χ1v) is 8.50. The van der Waals surface area contributed by atoms with Gasteiger partial charge in [0.05, 0.1) is 5.69 Å². The van der Waals surface area contributed by atoms with Crippen LogP contribution in [-0.4, -0.2) is 40.9 Å². The smallest absolute Gasteiger partial charge is 0.347 e. The Kier molecular flexibility index (Phi) is 4.01. The van der Waals surface area contributed by atoms with Crippen molar-refractivity contribution in [2.24, 2.45) is 0 Å². The minimum atomic E-state index is -0.223. The minimum absolute atomic E-state index is 0.223. The number of hydrogen-bond acceptors (Lipinski definition) is 4. The summed E-state index contributed by atoms with van der Waals surface area (Å²) in [5.41, 5.74) is 4.36. The van der Waals surface area contributed by atoms with Crippen LogP contribution in [0.5, 0.6) is 0 Å². The molecule has 6 nitrogen and oxygen atoms in total. The lowest BCUT2D eigenvalue weighted by Crippen LogP contribution is -2.46. The highest BCUT2D eigenvalue weighted by Gasteiger charge is 2.17. The number of rotatable bonds is 3. The number of piperazine rings is 1. The monoisotopic (exact) mass is 335 g/mol. The quantitative estimate of drug-likeness (QED) is 0.797. The van der Waals surface area contributed by atoms with Crippen molar-refractivity contribution in [1.29, 1.82) is 0 Å². The zero-order valence-electron chi connectivity index (χ0n) is 14.2. The predicted octanol–water partition coefficient (Wildman–Crippen LogP) is 2.20. The zero-order chi connectivity index (χ0) is 17.2. The van der Waals surface area contributed by atoms with Gasteiger partial charge in [0.1, 0.15) is 6.33 Å². The maximum absolute atomic E-state index is 11.6. The molecule has 2 aromatic carbocycles. The molecular formula is C19H21N5O. The van der Waals surface area contributed by atoms with Gasteiger partial charge >= 0.3 is 5.69 Å². The molecule has 0 unspecified atom stereocenters. The molecule has 1 fully saturated rings. The van der Waals surface area contributed by atoms with Gasteiger partial charge in [0.15, 0.2) is 0 Å². The molecule has 3 aromatic rings. The molecule has 0 aliphatic carbocycles. The lowest BCUT2D eigenvalue weighted by Gasteiger charge is -2.37. The Hall–Kier alpha value is -3.02. The molecule has 0 amide bonds. The van der Waals surface area contributed by atoms with Crippen LogP contribution in [0.25, 0.3) is 5.69 Å². The number of H-pyrrole nitrogens is 1. The standard InChI is InChI=1S/C19H21N5O/c1-15-2-4-16(5-3-15)22-10-12-23(13-11-22)17-6-8-18(9-7-17)24-14-20-21-19(24)25/h2-9,14H,10-13H2,1H3,(H,21,25). The van der Waals surface area contributed by atoms with Crippen molar-refractivity contribution >= 4 is 11.4 Å². The van der Waals surface area contributed by atoms with Crippen molar-refractivity contribution in [3.63, 3.8) is 0 Å². The predicted molar refractivity (Wildman–Crippen MR) is 99.8 cm³/mol. The molecule has 1 N–H and O–H groups in total. The fourth-order valence-corrected chi connectivity index (χ4v) is 3.23. The number of aromatic nitrogens is 3. The SMILES string of the molecule is Cc1ccc(N2CCN(c3ccc(-n4cn[nH]c4=O)cc3)CC2)cc1. The Balaban J connectivity index is 1.43. The van der Waals surface area contributed by atoms with E-state index in [4.69, 9.17) is 0 Å². The van der Waals surface area contributed by atoms with Crippen molar-refractivity contribution in [2.75, 3.05) is 36.0 Å². The van der Waals surface area contributed by atoms with Crippen LogP contribution in [0.4, 0.5) is 11.4 Å². The number of aryl methyl sites for hydroxylation is 1. The molecule has 1 aromatic heterocycles. The molecule has 1 saturated heterocycles. The third kappa shape index (κ3) is 3.15. The van der Waals surface area contributed by atoms with Gasteiger partial charge in [-0.3, -0.25) is 0 Å². The molecule has 0 saturated carbocycles. The lowest BCUT2D eigenvalue weighted by molar-refractivity contribution is 0.653. The van der Waals surface area contributed by atoms with Crippen LogP contribution in [0.1, 0.15) is 5.56 Å². The minimum Gasteiger partial charge on any atom is -0.368 e. The molecule has 0 spiro atoms. The van der Waals surface area contributed by atoms with Crippen molar-refractivity contribution in [2.45, 2.75) is 6.92 Å². The summed E-state index contributed by atoms with van der Waals surface area (Å²) in [4.78, 5) is 16.4. The lowest BCUT2D eigenvalue weighted by atomic mass is 10.2.